The highest BCUT2D eigenvalue weighted by Crippen LogP contribution is 2.20. The van der Waals surface area contributed by atoms with Gasteiger partial charge in [0, 0.05) is 11.9 Å². The maximum Gasteiger partial charge on any atom is 0.253 e. The number of hydrogen-bond acceptors (Lipinski definition) is 2. The molecule has 2 rings (SSSR count). The van der Waals surface area contributed by atoms with E-state index >= 15 is 0 Å². The fourth-order valence-corrected chi connectivity index (χ4v) is 1.78. The molecule has 0 saturated carbocycles. The van der Waals surface area contributed by atoms with Gasteiger partial charge in [0.05, 0.1) is 6.26 Å². The summed E-state index contributed by atoms with van der Waals surface area (Å²) in [7, 11) is 0. The van der Waals surface area contributed by atoms with Crippen molar-refractivity contribution >= 4 is 40.1 Å². The number of amides is 1. The van der Waals surface area contributed by atoms with Crippen molar-refractivity contribution in [2.24, 2.45) is 0 Å². The van der Waals surface area contributed by atoms with Gasteiger partial charge in [0.15, 0.2) is 4.84 Å². The van der Waals surface area contributed by atoms with E-state index in [2.05, 4.69) is 5.32 Å². The zero-order valence-corrected chi connectivity index (χ0v) is 10.5. The number of carbonyl (C=O) groups is 1. The number of alkyl halides is 2. The summed E-state index contributed by atoms with van der Waals surface area (Å²) in [5, 5.41) is 3.71. The lowest BCUT2D eigenvalue weighted by Gasteiger charge is -2.04. The average Bonchev–Trinajstić information content (AvgIpc) is 2.72. The third-order valence-corrected chi connectivity index (χ3v) is 2.85. The Morgan fingerprint density at radius 2 is 2.12 bits per heavy atom. The van der Waals surface area contributed by atoms with Crippen LogP contribution in [0, 0.1) is 0 Å². The summed E-state index contributed by atoms with van der Waals surface area (Å²) in [6, 6.07) is 7.77. The summed E-state index contributed by atoms with van der Waals surface area (Å²) in [5.41, 5.74) is 1.91. The lowest BCUT2D eigenvalue weighted by atomic mass is 10.1. The van der Waals surface area contributed by atoms with Crippen molar-refractivity contribution < 1.29 is 9.21 Å². The molecule has 5 heteroatoms. The van der Waals surface area contributed by atoms with Crippen molar-refractivity contribution in [1.29, 1.82) is 0 Å². The van der Waals surface area contributed by atoms with Crippen molar-refractivity contribution in [3.63, 3.8) is 0 Å². The third kappa shape index (κ3) is 2.93. The maximum atomic E-state index is 11.1. The Labute approximate surface area is 109 Å². The number of para-hydroxylation sites is 1. The van der Waals surface area contributed by atoms with Gasteiger partial charge < -0.3 is 9.73 Å². The largest absolute Gasteiger partial charge is 0.464 e. The second-order valence-electron chi connectivity index (χ2n) is 3.60. The standard InChI is InChI=1S/C12H11Cl2NO2/c13-11(14)12(16)15-6-5-8-7-17-10-4-2-1-3-9(8)10/h1-4,7,11H,5-6H2,(H,15,16). The van der Waals surface area contributed by atoms with Crippen molar-refractivity contribution in [2.75, 3.05) is 6.54 Å². The molecular formula is C12H11Cl2NO2. The number of fused-ring (bicyclic) bond motifs is 1. The Hall–Kier alpha value is -1.19. The van der Waals surface area contributed by atoms with Gasteiger partial charge in [-0.25, -0.2) is 0 Å². The number of furan rings is 1. The van der Waals surface area contributed by atoms with Gasteiger partial charge in [0.2, 0.25) is 0 Å². The molecule has 90 valence electrons. The quantitative estimate of drug-likeness (QED) is 0.869. The van der Waals surface area contributed by atoms with Crippen LogP contribution in [-0.2, 0) is 11.2 Å². The zero-order valence-electron chi connectivity index (χ0n) is 8.95. The smallest absolute Gasteiger partial charge is 0.253 e. The summed E-state index contributed by atoms with van der Waals surface area (Å²) in [5.74, 6) is -0.374. The second-order valence-corrected chi connectivity index (χ2v) is 4.70. The predicted octanol–water partition coefficient (Wildman–Crippen LogP) is 2.90. The van der Waals surface area contributed by atoms with Crippen molar-refractivity contribution in [2.45, 2.75) is 11.3 Å². The van der Waals surface area contributed by atoms with Gasteiger partial charge in [-0.2, -0.15) is 0 Å². The topological polar surface area (TPSA) is 42.2 Å². The van der Waals surface area contributed by atoms with Crippen LogP contribution in [0.2, 0.25) is 0 Å². The molecule has 0 atom stereocenters. The average molecular weight is 272 g/mol. The zero-order chi connectivity index (χ0) is 12.3. The van der Waals surface area contributed by atoms with E-state index in [0.717, 1.165) is 16.5 Å². The summed E-state index contributed by atoms with van der Waals surface area (Å²) < 4.78 is 5.39. The summed E-state index contributed by atoms with van der Waals surface area (Å²) >= 11 is 10.8. The molecule has 17 heavy (non-hydrogen) atoms. The summed E-state index contributed by atoms with van der Waals surface area (Å²) in [6.07, 6.45) is 2.39. The molecule has 0 saturated heterocycles. The summed E-state index contributed by atoms with van der Waals surface area (Å²) in [4.78, 5) is 10.1. The van der Waals surface area contributed by atoms with E-state index in [4.69, 9.17) is 27.6 Å². The molecule has 3 nitrogen and oxygen atoms in total. The molecule has 1 heterocycles. The lowest BCUT2D eigenvalue weighted by molar-refractivity contribution is -0.119. The molecule has 0 unspecified atom stereocenters. The number of rotatable bonds is 4. The van der Waals surface area contributed by atoms with E-state index in [0.29, 0.717) is 13.0 Å². The van der Waals surface area contributed by atoms with Crippen LogP contribution in [0.15, 0.2) is 34.9 Å². The minimum atomic E-state index is -1.02. The molecular weight excluding hydrogens is 261 g/mol. The van der Waals surface area contributed by atoms with Crippen LogP contribution >= 0.6 is 23.2 Å². The monoisotopic (exact) mass is 271 g/mol. The number of benzene rings is 1. The Bertz CT molecular complexity index is 522. The first-order chi connectivity index (χ1) is 8.18. The highest BCUT2D eigenvalue weighted by Gasteiger charge is 2.11. The van der Waals surface area contributed by atoms with Crippen LogP contribution in [0.5, 0.6) is 0 Å². The molecule has 0 aliphatic carbocycles. The predicted molar refractivity (Wildman–Crippen MR) is 68.4 cm³/mol. The lowest BCUT2D eigenvalue weighted by Crippen LogP contribution is -2.30. The van der Waals surface area contributed by atoms with E-state index in [-0.39, 0.29) is 5.91 Å². The normalized spacial score (nSPS) is 11.0. The first kappa shape index (κ1) is 12.3. The molecule has 0 aliphatic rings. The molecule has 1 amide bonds. The van der Waals surface area contributed by atoms with Gasteiger partial charge in [-0.05, 0) is 18.1 Å². The Balaban J connectivity index is 1.98. The number of hydrogen-bond donors (Lipinski definition) is 1. The fourth-order valence-electron chi connectivity index (χ4n) is 1.62. The molecule has 1 aromatic carbocycles. The van der Waals surface area contributed by atoms with Gasteiger partial charge in [-0.1, -0.05) is 41.4 Å². The highest BCUT2D eigenvalue weighted by molar-refractivity contribution is 6.53. The van der Waals surface area contributed by atoms with Gasteiger partial charge in [0.25, 0.3) is 5.91 Å². The first-order valence-corrected chi connectivity index (χ1v) is 6.07. The second kappa shape index (κ2) is 5.43. The van der Waals surface area contributed by atoms with Crippen LogP contribution < -0.4 is 5.32 Å². The van der Waals surface area contributed by atoms with Crippen LogP contribution in [0.25, 0.3) is 11.0 Å². The molecule has 0 fully saturated rings. The number of carbonyl (C=O) groups excluding carboxylic acids is 1. The molecule has 0 radical (unpaired) electrons. The van der Waals surface area contributed by atoms with Gasteiger partial charge in [-0.15, -0.1) is 0 Å². The Morgan fingerprint density at radius 1 is 1.35 bits per heavy atom. The third-order valence-electron chi connectivity index (χ3n) is 2.45. The van der Waals surface area contributed by atoms with E-state index < -0.39 is 4.84 Å². The molecule has 2 aromatic rings. The van der Waals surface area contributed by atoms with Crippen LogP contribution in [0.1, 0.15) is 5.56 Å². The van der Waals surface area contributed by atoms with Crippen molar-refractivity contribution in [1.82, 2.24) is 5.32 Å². The number of halogens is 2. The van der Waals surface area contributed by atoms with Crippen LogP contribution in [0.4, 0.5) is 0 Å². The number of nitrogens with one attached hydrogen (secondary N) is 1. The molecule has 1 N–H and O–H groups in total. The molecule has 0 bridgehead atoms. The van der Waals surface area contributed by atoms with Gasteiger partial charge >= 0.3 is 0 Å². The van der Waals surface area contributed by atoms with E-state index in [1.807, 2.05) is 24.3 Å². The van der Waals surface area contributed by atoms with Crippen molar-refractivity contribution in [3.8, 4) is 0 Å². The van der Waals surface area contributed by atoms with E-state index in [1.54, 1.807) is 6.26 Å². The maximum absolute atomic E-state index is 11.1. The molecule has 0 aliphatic heterocycles. The van der Waals surface area contributed by atoms with Crippen LogP contribution in [-0.4, -0.2) is 17.3 Å². The minimum absolute atomic E-state index is 0.374. The van der Waals surface area contributed by atoms with E-state index in [1.165, 1.54) is 0 Å². The molecule has 1 aromatic heterocycles. The van der Waals surface area contributed by atoms with Crippen molar-refractivity contribution in [3.05, 3.63) is 36.1 Å². The SMILES string of the molecule is O=C(NCCc1coc2ccccc12)C(Cl)Cl. The first-order valence-electron chi connectivity index (χ1n) is 5.19. The summed E-state index contributed by atoms with van der Waals surface area (Å²) in [6.45, 7) is 0.484. The van der Waals surface area contributed by atoms with E-state index in [9.17, 15) is 4.79 Å². The minimum Gasteiger partial charge on any atom is -0.464 e. The van der Waals surface area contributed by atoms with Gasteiger partial charge in [0.1, 0.15) is 5.58 Å². The molecule has 0 spiro atoms. The fraction of sp³-hybridized carbons (Fsp3) is 0.250. The van der Waals surface area contributed by atoms with Crippen LogP contribution in [0.3, 0.4) is 0 Å². The Morgan fingerprint density at radius 3 is 2.88 bits per heavy atom. The highest BCUT2D eigenvalue weighted by atomic mass is 35.5. The Kier molecular flexibility index (Phi) is 3.92. The van der Waals surface area contributed by atoms with Gasteiger partial charge in [-0.3, -0.25) is 4.79 Å².